The van der Waals surface area contributed by atoms with Crippen molar-refractivity contribution >= 4 is 28.1 Å². The first kappa shape index (κ1) is 12.0. The van der Waals surface area contributed by atoms with Gasteiger partial charge in [-0.15, -0.1) is 0 Å². The van der Waals surface area contributed by atoms with Crippen molar-refractivity contribution < 1.29 is 4.79 Å². The Morgan fingerprint density at radius 2 is 2.21 bits per heavy atom. The first-order valence-electron chi connectivity index (χ1n) is 6.08. The van der Waals surface area contributed by atoms with Crippen LogP contribution in [-0.2, 0) is 6.54 Å². The van der Waals surface area contributed by atoms with Crippen molar-refractivity contribution in [3.63, 3.8) is 0 Å². The van der Waals surface area contributed by atoms with Gasteiger partial charge < -0.3 is 9.88 Å². The van der Waals surface area contributed by atoms with Gasteiger partial charge in [0.1, 0.15) is 0 Å². The van der Waals surface area contributed by atoms with Crippen molar-refractivity contribution in [3.8, 4) is 0 Å². The molecule has 0 saturated carbocycles. The summed E-state index contributed by atoms with van der Waals surface area (Å²) in [4.78, 5) is 17.2. The number of H-pyrrole nitrogens is 1. The van der Waals surface area contributed by atoms with E-state index < -0.39 is 0 Å². The highest BCUT2D eigenvalue weighted by atomic mass is 32.1. The van der Waals surface area contributed by atoms with Crippen LogP contribution in [-0.4, -0.2) is 22.8 Å². The lowest BCUT2D eigenvalue weighted by molar-refractivity contribution is 0.0785. The first-order chi connectivity index (χ1) is 9.24. The molecule has 4 heteroatoms. The van der Waals surface area contributed by atoms with Gasteiger partial charge in [-0.3, -0.25) is 4.79 Å². The summed E-state index contributed by atoms with van der Waals surface area (Å²) in [5.74, 6) is 0.0503. The Balaban J connectivity index is 1.82. The second-order valence-electron chi connectivity index (χ2n) is 4.57. The van der Waals surface area contributed by atoms with E-state index in [4.69, 9.17) is 0 Å². The van der Waals surface area contributed by atoms with Crippen LogP contribution in [0.15, 0.2) is 47.3 Å². The second kappa shape index (κ2) is 4.90. The van der Waals surface area contributed by atoms with E-state index in [2.05, 4.69) is 10.4 Å². The quantitative estimate of drug-likeness (QED) is 0.777. The Bertz CT molecular complexity index is 700. The van der Waals surface area contributed by atoms with Crippen LogP contribution < -0.4 is 0 Å². The molecule has 0 fully saturated rings. The van der Waals surface area contributed by atoms with Crippen molar-refractivity contribution in [2.24, 2.45) is 0 Å². The third-order valence-corrected chi connectivity index (χ3v) is 3.88. The molecule has 0 bridgehead atoms. The number of rotatable bonds is 3. The highest BCUT2D eigenvalue weighted by Crippen LogP contribution is 2.16. The van der Waals surface area contributed by atoms with Gasteiger partial charge in [0.2, 0.25) is 0 Å². The molecule has 3 nitrogen and oxygen atoms in total. The predicted octanol–water partition coefficient (Wildman–Crippen LogP) is 3.50. The number of fused-ring (bicyclic) bond motifs is 1. The van der Waals surface area contributed by atoms with E-state index in [1.54, 1.807) is 16.2 Å². The fourth-order valence-corrected chi connectivity index (χ4v) is 2.79. The van der Waals surface area contributed by atoms with Crippen LogP contribution in [0.3, 0.4) is 0 Å². The molecule has 0 radical (unpaired) electrons. The van der Waals surface area contributed by atoms with E-state index in [9.17, 15) is 4.79 Å². The summed E-state index contributed by atoms with van der Waals surface area (Å²) in [7, 11) is 1.83. The first-order valence-corrected chi connectivity index (χ1v) is 7.02. The van der Waals surface area contributed by atoms with Crippen molar-refractivity contribution in [1.82, 2.24) is 9.88 Å². The zero-order chi connectivity index (χ0) is 13.2. The van der Waals surface area contributed by atoms with Crippen LogP contribution in [0.5, 0.6) is 0 Å². The molecule has 19 heavy (non-hydrogen) atoms. The summed E-state index contributed by atoms with van der Waals surface area (Å²) in [5.41, 5.74) is 2.95. The molecule has 0 aliphatic carbocycles. The van der Waals surface area contributed by atoms with Crippen molar-refractivity contribution in [1.29, 1.82) is 0 Å². The van der Waals surface area contributed by atoms with E-state index in [0.717, 1.165) is 16.5 Å². The molecule has 0 saturated heterocycles. The molecule has 1 amide bonds. The van der Waals surface area contributed by atoms with Crippen molar-refractivity contribution in [3.05, 3.63) is 58.4 Å². The number of carbonyl (C=O) groups excluding carboxylic acids is 1. The Labute approximate surface area is 115 Å². The molecule has 1 N–H and O–H groups in total. The van der Waals surface area contributed by atoms with E-state index in [1.807, 2.05) is 49.0 Å². The van der Waals surface area contributed by atoms with Gasteiger partial charge in [0.25, 0.3) is 5.91 Å². The number of aromatic amines is 1. The Morgan fingerprint density at radius 1 is 1.32 bits per heavy atom. The average Bonchev–Trinajstić information content (AvgIpc) is 3.07. The number of thiophene rings is 1. The summed E-state index contributed by atoms with van der Waals surface area (Å²) < 4.78 is 0. The fraction of sp³-hybridized carbons (Fsp3) is 0.133. The third kappa shape index (κ3) is 2.39. The summed E-state index contributed by atoms with van der Waals surface area (Å²) in [6, 6.07) is 9.76. The van der Waals surface area contributed by atoms with E-state index in [1.165, 1.54) is 5.56 Å². The molecule has 0 atom stereocenters. The molecule has 0 aliphatic rings. The van der Waals surface area contributed by atoms with Crippen LogP contribution in [0.2, 0.25) is 0 Å². The largest absolute Gasteiger partial charge is 0.361 e. The minimum absolute atomic E-state index is 0.0503. The summed E-state index contributed by atoms with van der Waals surface area (Å²) >= 11 is 1.65. The molecule has 96 valence electrons. The molecular weight excluding hydrogens is 256 g/mol. The average molecular weight is 270 g/mol. The smallest absolute Gasteiger partial charge is 0.253 e. The lowest BCUT2D eigenvalue weighted by atomic mass is 10.1. The number of hydrogen-bond donors (Lipinski definition) is 1. The molecule has 2 aromatic heterocycles. The zero-order valence-corrected chi connectivity index (χ0v) is 11.4. The van der Waals surface area contributed by atoms with Gasteiger partial charge in [0.05, 0.1) is 0 Å². The van der Waals surface area contributed by atoms with Crippen LogP contribution in [0.1, 0.15) is 15.9 Å². The molecule has 2 heterocycles. The van der Waals surface area contributed by atoms with Gasteiger partial charge in [0, 0.05) is 36.3 Å². The fourth-order valence-electron chi connectivity index (χ4n) is 2.13. The molecule has 0 unspecified atom stereocenters. The molecule has 1 aromatic carbocycles. The van der Waals surface area contributed by atoms with E-state index in [0.29, 0.717) is 6.54 Å². The maximum absolute atomic E-state index is 12.4. The van der Waals surface area contributed by atoms with Crippen LogP contribution >= 0.6 is 11.3 Å². The lowest BCUT2D eigenvalue weighted by Crippen LogP contribution is -2.25. The second-order valence-corrected chi connectivity index (χ2v) is 5.35. The van der Waals surface area contributed by atoms with Crippen molar-refractivity contribution in [2.45, 2.75) is 6.54 Å². The Morgan fingerprint density at radius 3 is 3.00 bits per heavy atom. The third-order valence-electron chi connectivity index (χ3n) is 3.15. The number of amides is 1. The minimum atomic E-state index is 0.0503. The Hall–Kier alpha value is -2.07. The maximum Gasteiger partial charge on any atom is 0.253 e. The number of nitrogens with zero attached hydrogens (tertiary/aromatic N) is 1. The van der Waals surface area contributed by atoms with Crippen LogP contribution in [0, 0.1) is 0 Å². The monoisotopic (exact) mass is 270 g/mol. The Kier molecular flexibility index (Phi) is 3.09. The predicted molar refractivity (Wildman–Crippen MR) is 78.4 cm³/mol. The molecule has 0 spiro atoms. The summed E-state index contributed by atoms with van der Waals surface area (Å²) in [5, 5.41) is 5.16. The van der Waals surface area contributed by atoms with Gasteiger partial charge in [-0.2, -0.15) is 11.3 Å². The van der Waals surface area contributed by atoms with Gasteiger partial charge in [0.15, 0.2) is 0 Å². The van der Waals surface area contributed by atoms with Gasteiger partial charge in [-0.05, 0) is 46.7 Å². The standard InChI is InChI=1S/C15H14N2OS/c1-17(9-11-5-7-19-10-11)15(18)13-2-3-14-12(8-13)4-6-16-14/h2-8,10,16H,9H2,1H3. The van der Waals surface area contributed by atoms with Crippen LogP contribution in [0.25, 0.3) is 10.9 Å². The lowest BCUT2D eigenvalue weighted by Gasteiger charge is -2.16. The van der Waals surface area contributed by atoms with E-state index in [-0.39, 0.29) is 5.91 Å². The minimum Gasteiger partial charge on any atom is -0.361 e. The molecule has 0 aliphatic heterocycles. The summed E-state index contributed by atoms with van der Waals surface area (Å²) in [6.45, 7) is 0.646. The number of carbonyl (C=O) groups is 1. The zero-order valence-electron chi connectivity index (χ0n) is 10.6. The van der Waals surface area contributed by atoms with Gasteiger partial charge in [-0.1, -0.05) is 0 Å². The molecule has 3 rings (SSSR count). The SMILES string of the molecule is CN(Cc1ccsc1)C(=O)c1ccc2[nH]ccc2c1. The number of nitrogens with one attached hydrogen (secondary N) is 1. The summed E-state index contributed by atoms with van der Waals surface area (Å²) in [6.07, 6.45) is 1.88. The molecule has 3 aromatic rings. The normalized spacial score (nSPS) is 10.8. The van der Waals surface area contributed by atoms with Crippen LogP contribution in [0.4, 0.5) is 0 Å². The molecular formula is C15H14N2OS. The number of hydrogen-bond acceptors (Lipinski definition) is 2. The topological polar surface area (TPSA) is 36.1 Å². The number of benzene rings is 1. The number of aromatic nitrogens is 1. The van der Waals surface area contributed by atoms with Crippen molar-refractivity contribution in [2.75, 3.05) is 7.05 Å². The van der Waals surface area contributed by atoms with Gasteiger partial charge in [-0.25, -0.2) is 0 Å². The highest BCUT2D eigenvalue weighted by molar-refractivity contribution is 7.07. The maximum atomic E-state index is 12.4. The highest BCUT2D eigenvalue weighted by Gasteiger charge is 2.12. The van der Waals surface area contributed by atoms with E-state index >= 15 is 0 Å². The van der Waals surface area contributed by atoms with Gasteiger partial charge >= 0.3 is 0 Å².